The minimum atomic E-state index is -0.729. The second-order valence-electron chi connectivity index (χ2n) is 6.14. The van der Waals surface area contributed by atoms with Gasteiger partial charge in [0.25, 0.3) is 0 Å². The van der Waals surface area contributed by atoms with Crippen LogP contribution in [-0.2, 0) is 4.79 Å². The van der Waals surface area contributed by atoms with Gasteiger partial charge in [-0.2, -0.15) is 0 Å². The molecule has 0 saturated heterocycles. The van der Waals surface area contributed by atoms with Crippen LogP contribution in [0.25, 0.3) is 0 Å². The lowest BCUT2D eigenvalue weighted by Gasteiger charge is -2.26. The molecule has 5 nitrogen and oxygen atoms in total. The Morgan fingerprint density at radius 2 is 1.82 bits per heavy atom. The van der Waals surface area contributed by atoms with Gasteiger partial charge in [-0.3, -0.25) is 4.79 Å². The number of thioether (sulfide) groups is 1. The number of carbonyl (C=O) groups excluding carboxylic acids is 1. The standard InChI is InChI=1S/C16H25N3O2S/c1-12-9-13(2)19-15(18-12)22-10-14(20)17-11-16(21)7-5-3-4-6-8-16/h9,21H,3-8,10-11H2,1-2H3,(H,17,20). The van der Waals surface area contributed by atoms with Gasteiger partial charge in [-0.25, -0.2) is 9.97 Å². The summed E-state index contributed by atoms with van der Waals surface area (Å²) in [5.74, 6) is 0.198. The minimum Gasteiger partial charge on any atom is -0.388 e. The summed E-state index contributed by atoms with van der Waals surface area (Å²) in [6.07, 6.45) is 5.99. The molecule has 1 aliphatic carbocycles. The molecule has 0 aliphatic heterocycles. The summed E-state index contributed by atoms with van der Waals surface area (Å²) in [5, 5.41) is 14.0. The zero-order valence-electron chi connectivity index (χ0n) is 13.4. The first-order valence-electron chi connectivity index (χ1n) is 7.91. The van der Waals surface area contributed by atoms with Crippen molar-refractivity contribution in [2.75, 3.05) is 12.3 Å². The van der Waals surface area contributed by atoms with Crippen LogP contribution in [0.3, 0.4) is 0 Å². The van der Waals surface area contributed by atoms with E-state index in [2.05, 4.69) is 15.3 Å². The Morgan fingerprint density at radius 1 is 1.23 bits per heavy atom. The van der Waals surface area contributed by atoms with Gasteiger partial charge in [-0.15, -0.1) is 0 Å². The molecule has 0 radical (unpaired) electrons. The highest BCUT2D eigenvalue weighted by molar-refractivity contribution is 7.99. The largest absolute Gasteiger partial charge is 0.388 e. The molecular formula is C16H25N3O2S. The molecule has 6 heteroatoms. The Hall–Kier alpha value is -1.14. The first-order chi connectivity index (χ1) is 10.5. The lowest BCUT2D eigenvalue weighted by molar-refractivity contribution is -0.120. The lowest BCUT2D eigenvalue weighted by Crippen LogP contribution is -2.43. The Labute approximate surface area is 136 Å². The van der Waals surface area contributed by atoms with Crippen LogP contribution in [-0.4, -0.2) is 38.9 Å². The summed E-state index contributed by atoms with van der Waals surface area (Å²) in [6.45, 7) is 4.18. The Kier molecular flexibility index (Phi) is 6.20. The van der Waals surface area contributed by atoms with Crippen LogP contribution in [0.15, 0.2) is 11.2 Å². The van der Waals surface area contributed by atoms with Crippen molar-refractivity contribution in [3.05, 3.63) is 17.5 Å². The number of amides is 1. The monoisotopic (exact) mass is 323 g/mol. The quantitative estimate of drug-likeness (QED) is 0.494. The fourth-order valence-corrected chi connectivity index (χ4v) is 3.55. The average molecular weight is 323 g/mol. The summed E-state index contributed by atoms with van der Waals surface area (Å²) < 4.78 is 0. The molecule has 1 amide bonds. The summed E-state index contributed by atoms with van der Waals surface area (Å²) in [5.41, 5.74) is 1.08. The molecule has 0 aromatic carbocycles. The van der Waals surface area contributed by atoms with Crippen LogP contribution in [0.4, 0.5) is 0 Å². The molecule has 1 saturated carbocycles. The van der Waals surface area contributed by atoms with Gasteiger partial charge in [0.05, 0.1) is 11.4 Å². The van der Waals surface area contributed by atoms with Crippen molar-refractivity contribution < 1.29 is 9.90 Å². The van der Waals surface area contributed by atoms with E-state index in [1.165, 1.54) is 24.6 Å². The molecule has 0 atom stereocenters. The van der Waals surface area contributed by atoms with Crippen LogP contribution in [0.1, 0.15) is 49.9 Å². The van der Waals surface area contributed by atoms with Crippen LogP contribution in [0.2, 0.25) is 0 Å². The van der Waals surface area contributed by atoms with E-state index in [0.29, 0.717) is 11.7 Å². The predicted molar refractivity (Wildman–Crippen MR) is 87.9 cm³/mol. The minimum absolute atomic E-state index is 0.0783. The van der Waals surface area contributed by atoms with Crippen LogP contribution < -0.4 is 5.32 Å². The van der Waals surface area contributed by atoms with E-state index >= 15 is 0 Å². The smallest absolute Gasteiger partial charge is 0.230 e. The van der Waals surface area contributed by atoms with Crippen LogP contribution in [0.5, 0.6) is 0 Å². The highest BCUT2D eigenvalue weighted by Gasteiger charge is 2.28. The lowest BCUT2D eigenvalue weighted by atomic mass is 9.94. The molecule has 22 heavy (non-hydrogen) atoms. The second-order valence-corrected chi connectivity index (χ2v) is 7.08. The van der Waals surface area contributed by atoms with Crippen molar-refractivity contribution in [3.8, 4) is 0 Å². The van der Waals surface area contributed by atoms with Crippen molar-refractivity contribution in [2.24, 2.45) is 0 Å². The van der Waals surface area contributed by atoms with E-state index in [1.54, 1.807) is 0 Å². The first-order valence-corrected chi connectivity index (χ1v) is 8.90. The van der Waals surface area contributed by atoms with Crippen molar-refractivity contribution in [2.45, 2.75) is 63.1 Å². The molecule has 2 rings (SSSR count). The molecule has 0 bridgehead atoms. The van der Waals surface area contributed by atoms with E-state index < -0.39 is 5.60 Å². The maximum absolute atomic E-state index is 12.0. The number of aromatic nitrogens is 2. The molecular weight excluding hydrogens is 298 g/mol. The fraction of sp³-hybridized carbons (Fsp3) is 0.688. The van der Waals surface area contributed by atoms with Crippen molar-refractivity contribution >= 4 is 17.7 Å². The Bertz CT molecular complexity index is 494. The molecule has 0 unspecified atom stereocenters. The third-order valence-corrected chi connectivity index (χ3v) is 4.79. The van der Waals surface area contributed by atoms with Gasteiger partial charge in [0, 0.05) is 17.9 Å². The molecule has 1 fully saturated rings. The number of hydrogen-bond acceptors (Lipinski definition) is 5. The van der Waals surface area contributed by atoms with Gasteiger partial charge < -0.3 is 10.4 Å². The van der Waals surface area contributed by atoms with E-state index in [0.717, 1.165) is 37.1 Å². The highest BCUT2D eigenvalue weighted by atomic mass is 32.2. The first kappa shape index (κ1) is 17.2. The van der Waals surface area contributed by atoms with Crippen LogP contribution in [0, 0.1) is 13.8 Å². The zero-order chi connectivity index (χ0) is 16.0. The van der Waals surface area contributed by atoms with Crippen molar-refractivity contribution in [1.82, 2.24) is 15.3 Å². The molecule has 0 spiro atoms. The number of nitrogens with zero attached hydrogens (tertiary/aromatic N) is 2. The summed E-state index contributed by atoms with van der Waals surface area (Å²) >= 11 is 1.33. The topological polar surface area (TPSA) is 75.1 Å². The van der Waals surface area contributed by atoms with E-state index in [4.69, 9.17) is 0 Å². The van der Waals surface area contributed by atoms with Crippen molar-refractivity contribution in [3.63, 3.8) is 0 Å². The van der Waals surface area contributed by atoms with Gasteiger partial charge in [-0.05, 0) is 32.8 Å². The number of aliphatic hydroxyl groups is 1. The maximum Gasteiger partial charge on any atom is 0.230 e. The van der Waals surface area contributed by atoms with Gasteiger partial charge in [-0.1, -0.05) is 37.4 Å². The highest BCUT2D eigenvalue weighted by Crippen LogP contribution is 2.26. The summed E-state index contributed by atoms with van der Waals surface area (Å²) in [4.78, 5) is 20.6. The van der Waals surface area contributed by atoms with E-state index in [9.17, 15) is 9.90 Å². The maximum atomic E-state index is 12.0. The summed E-state index contributed by atoms with van der Waals surface area (Å²) in [6, 6.07) is 1.91. The van der Waals surface area contributed by atoms with E-state index in [-0.39, 0.29) is 11.7 Å². The normalized spacial score (nSPS) is 17.8. The average Bonchev–Trinajstić information content (AvgIpc) is 2.67. The molecule has 1 aromatic heterocycles. The van der Waals surface area contributed by atoms with Gasteiger partial charge in [0.1, 0.15) is 0 Å². The third kappa shape index (κ3) is 5.57. The Balaban J connectivity index is 1.77. The third-order valence-electron chi connectivity index (χ3n) is 3.94. The molecule has 1 aromatic rings. The molecule has 1 aliphatic rings. The SMILES string of the molecule is Cc1cc(C)nc(SCC(=O)NCC2(O)CCCCCC2)n1. The van der Waals surface area contributed by atoms with Crippen molar-refractivity contribution in [1.29, 1.82) is 0 Å². The second kappa shape index (κ2) is 7.92. The number of aryl methyl sites for hydroxylation is 2. The molecule has 122 valence electrons. The number of hydrogen-bond donors (Lipinski definition) is 2. The van der Waals surface area contributed by atoms with E-state index in [1.807, 2.05) is 19.9 Å². The molecule has 1 heterocycles. The fourth-order valence-electron chi connectivity index (χ4n) is 2.77. The van der Waals surface area contributed by atoms with Gasteiger partial charge >= 0.3 is 0 Å². The zero-order valence-corrected chi connectivity index (χ0v) is 14.2. The predicted octanol–water partition coefficient (Wildman–Crippen LogP) is 2.39. The summed E-state index contributed by atoms with van der Waals surface area (Å²) in [7, 11) is 0. The number of nitrogens with one attached hydrogen (secondary N) is 1. The van der Waals surface area contributed by atoms with Gasteiger partial charge in [0.2, 0.25) is 5.91 Å². The molecule has 2 N–H and O–H groups in total. The Morgan fingerprint density at radius 3 is 2.41 bits per heavy atom. The number of carbonyl (C=O) groups is 1. The van der Waals surface area contributed by atoms with Gasteiger partial charge in [0.15, 0.2) is 5.16 Å². The van der Waals surface area contributed by atoms with Crippen LogP contribution >= 0.6 is 11.8 Å². The number of rotatable bonds is 5.